The fourth-order valence-corrected chi connectivity index (χ4v) is 1.63. The van der Waals surface area contributed by atoms with Crippen molar-refractivity contribution in [3.8, 4) is 0 Å². The Hall–Kier alpha value is -2.05. The van der Waals surface area contributed by atoms with Gasteiger partial charge in [-0.3, -0.25) is 4.68 Å². The van der Waals surface area contributed by atoms with Crippen molar-refractivity contribution in [3.63, 3.8) is 0 Å². The highest BCUT2D eigenvalue weighted by atomic mass is 16.6. The summed E-state index contributed by atoms with van der Waals surface area (Å²) in [7, 11) is 0. The summed E-state index contributed by atoms with van der Waals surface area (Å²) in [4.78, 5) is 23.0. The van der Waals surface area contributed by atoms with Gasteiger partial charge in [-0.05, 0) is 40.2 Å². The van der Waals surface area contributed by atoms with E-state index >= 15 is 0 Å². The van der Waals surface area contributed by atoms with Gasteiger partial charge in [0, 0.05) is 6.20 Å². The lowest BCUT2D eigenvalue weighted by Crippen LogP contribution is -2.47. The van der Waals surface area contributed by atoms with Crippen LogP contribution in [0, 0.1) is 6.92 Å². The Balaban J connectivity index is 2.79. The number of carbonyl (C=O) groups is 2. The number of carboxylic acid groups (broad SMARTS) is 1. The largest absolute Gasteiger partial charge is 0.480 e. The summed E-state index contributed by atoms with van der Waals surface area (Å²) in [6, 6.07) is -1.65. The number of hydrogen-bond acceptors (Lipinski definition) is 4. The summed E-state index contributed by atoms with van der Waals surface area (Å²) in [6.45, 7) is 8.66. The van der Waals surface area contributed by atoms with Gasteiger partial charge in [0.25, 0.3) is 0 Å². The third kappa shape index (κ3) is 4.56. The molecule has 0 aliphatic carbocycles. The van der Waals surface area contributed by atoms with Gasteiger partial charge in [0.1, 0.15) is 5.60 Å². The maximum Gasteiger partial charge on any atom is 0.408 e. The van der Waals surface area contributed by atoms with Gasteiger partial charge in [-0.15, -0.1) is 0 Å². The topological polar surface area (TPSA) is 93.5 Å². The van der Waals surface area contributed by atoms with Gasteiger partial charge in [-0.25, -0.2) is 9.59 Å². The molecule has 2 atom stereocenters. The molecule has 0 aliphatic heterocycles. The molecule has 1 heterocycles. The number of carboxylic acids is 1. The number of aromatic nitrogens is 2. The minimum atomic E-state index is -1.14. The smallest absolute Gasteiger partial charge is 0.408 e. The summed E-state index contributed by atoms with van der Waals surface area (Å²) in [5.74, 6) is -1.14. The molecule has 1 aromatic rings. The molecule has 0 bridgehead atoms. The molecular weight excluding hydrogens is 262 g/mol. The fraction of sp³-hybridized carbons (Fsp3) is 0.615. The number of carbonyl (C=O) groups excluding carboxylic acids is 1. The van der Waals surface area contributed by atoms with Crippen LogP contribution in [0.5, 0.6) is 0 Å². The van der Waals surface area contributed by atoms with Gasteiger partial charge in [0.05, 0.1) is 12.2 Å². The van der Waals surface area contributed by atoms with Crippen molar-refractivity contribution in [3.05, 3.63) is 18.0 Å². The standard InChI is InChI=1S/C13H21N3O4/c1-8-6-14-16(7-8)9(2)10(11(17)18)15-12(19)20-13(3,4)5/h6-7,9-10H,1-5H3,(H,15,19)(H,17,18). The normalized spacial score (nSPS) is 14.4. The number of amides is 1. The molecule has 0 aromatic carbocycles. The number of rotatable bonds is 4. The fourth-order valence-electron chi connectivity index (χ4n) is 1.63. The van der Waals surface area contributed by atoms with Gasteiger partial charge in [0.2, 0.25) is 0 Å². The molecule has 1 rings (SSSR count). The number of hydrogen-bond donors (Lipinski definition) is 2. The maximum atomic E-state index is 11.7. The SMILES string of the molecule is Cc1cnn(C(C)C(NC(=O)OC(C)(C)C)C(=O)O)c1. The van der Waals surface area contributed by atoms with Crippen molar-refractivity contribution >= 4 is 12.1 Å². The maximum absolute atomic E-state index is 11.7. The van der Waals surface area contributed by atoms with Crippen molar-refractivity contribution in [2.45, 2.75) is 52.3 Å². The molecule has 0 aliphatic rings. The van der Waals surface area contributed by atoms with E-state index in [0.29, 0.717) is 0 Å². The van der Waals surface area contributed by atoms with Gasteiger partial charge in [-0.1, -0.05) is 0 Å². The van der Waals surface area contributed by atoms with E-state index in [1.54, 1.807) is 40.1 Å². The molecule has 2 unspecified atom stereocenters. The third-order valence-electron chi connectivity index (χ3n) is 2.57. The van der Waals surface area contributed by atoms with E-state index in [1.807, 2.05) is 6.92 Å². The minimum Gasteiger partial charge on any atom is -0.480 e. The zero-order valence-corrected chi connectivity index (χ0v) is 12.4. The van der Waals surface area contributed by atoms with Gasteiger partial charge in [0.15, 0.2) is 6.04 Å². The number of alkyl carbamates (subject to hydrolysis) is 1. The van der Waals surface area contributed by atoms with Crippen molar-refractivity contribution < 1.29 is 19.4 Å². The average molecular weight is 283 g/mol. The molecule has 1 amide bonds. The van der Waals surface area contributed by atoms with Crippen LogP contribution >= 0.6 is 0 Å². The van der Waals surface area contributed by atoms with Crippen LogP contribution in [-0.4, -0.2) is 38.6 Å². The van der Waals surface area contributed by atoms with Crippen LogP contribution in [0.2, 0.25) is 0 Å². The number of ether oxygens (including phenoxy) is 1. The molecule has 0 saturated heterocycles. The van der Waals surface area contributed by atoms with E-state index < -0.39 is 29.7 Å². The summed E-state index contributed by atoms with van der Waals surface area (Å²) >= 11 is 0. The van der Waals surface area contributed by atoms with Crippen molar-refractivity contribution in [1.82, 2.24) is 15.1 Å². The summed E-state index contributed by atoms with van der Waals surface area (Å²) in [5, 5.41) is 15.7. The second kappa shape index (κ2) is 5.94. The van der Waals surface area contributed by atoms with Crippen molar-refractivity contribution in [2.24, 2.45) is 0 Å². The molecule has 7 heteroatoms. The highest BCUT2D eigenvalue weighted by Crippen LogP contribution is 2.13. The zero-order chi connectivity index (χ0) is 15.5. The van der Waals surface area contributed by atoms with Crippen LogP contribution in [0.15, 0.2) is 12.4 Å². The van der Waals surface area contributed by atoms with Crippen LogP contribution in [0.25, 0.3) is 0 Å². The van der Waals surface area contributed by atoms with Gasteiger partial charge < -0.3 is 15.2 Å². The molecule has 112 valence electrons. The Morgan fingerprint density at radius 3 is 2.45 bits per heavy atom. The van der Waals surface area contributed by atoms with Crippen LogP contribution in [0.1, 0.15) is 39.3 Å². The quantitative estimate of drug-likeness (QED) is 0.877. The number of aryl methyl sites for hydroxylation is 1. The molecule has 0 fully saturated rings. The summed E-state index contributed by atoms with van der Waals surface area (Å²) in [6.07, 6.45) is 2.58. The Labute approximate surface area is 117 Å². The second-order valence-electron chi connectivity index (χ2n) is 5.70. The van der Waals surface area contributed by atoms with E-state index in [1.165, 1.54) is 4.68 Å². The first kappa shape index (κ1) is 16.0. The van der Waals surface area contributed by atoms with Crippen molar-refractivity contribution in [2.75, 3.05) is 0 Å². The van der Waals surface area contributed by atoms with Crippen LogP contribution in [0.4, 0.5) is 4.79 Å². The summed E-state index contributed by atoms with van der Waals surface area (Å²) < 4.78 is 6.57. The average Bonchev–Trinajstić information content (AvgIpc) is 2.69. The molecule has 7 nitrogen and oxygen atoms in total. The molecule has 0 spiro atoms. The highest BCUT2D eigenvalue weighted by molar-refractivity contribution is 5.80. The van der Waals surface area contributed by atoms with E-state index in [4.69, 9.17) is 4.74 Å². The molecule has 0 radical (unpaired) electrons. The van der Waals surface area contributed by atoms with Gasteiger partial charge in [-0.2, -0.15) is 5.10 Å². The third-order valence-corrected chi connectivity index (χ3v) is 2.57. The van der Waals surface area contributed by atoms with Crippen LogP contribution in [0.3, 0.4) is 0 Å². The number of aliphatic carboxylic acids is 1. The second-order valence-corrected chi connectivity index (χ2v) is 5.70. The lowest BCUT2D eigenvalue weighted by Gasteiger charge is -2.25. The van der Waals surface area contributed by atoms with E-state index in [9.17, 15) is 14.7 Å². The molecule has 1 aromatic heterocycles. The molecule has 0 saturated carbocycles. The monoisotopic (exact) mass is 283 g/mol. The Morgan fingerprint density at radius 2 is 2.05 bits per heavy atom. The first-order chi connectivity index (χ1) is 9.10. The molecule has 20 heavy (non-hydrogen) atoms. The summed E-state index contributed by atoms with van der Waals surface area (Å²) in [5.41, 5.74) is 0.233. The Morgan fingerprint density at radius 1 is 1.45 bits per heavy atom. The minimum absolute atomic E-state index is 0.534. The van der Waals surface area contributed by atoms with Crippen LogP contribution in [-0.2, 0) is 9.53 Å². The molecular formula is C13H21N3O4. The van der Waals surface area contributed by atoms with Crippen LogP contribution < -0.4 is 5.32 Å². The molecule has 2 N–H and O–H groups in total. The van der Waals surface area contributed by atoms with Gasteiger partial charge >= 0.3 is 12.1 Å². The Kier molecular flexibility index (Phi) is 4.75. The highest BCUT2D eigenvalue weighted by Gasteiger charge is 2.30. The lowest BCUT2D eigenvalue weighted by atomic mass is 10.1. The first-order valence-corrected chi connectivity index (χ1v) is 6.33. The Bertz CT molecular complexity index is 490. The van der Waals surface area contributed by atoms with E-state index in [0.717, 1.165) is 5.56 Å². The predicted molar refractivity (Wildman–Crippen MR) is 72.5 cm³/mol. The zero-order valence-electron chi connectivity index (χ0n) is 12.4. The predicted octanol–water partition coefficient (Wildman–Crippen LogP) is 1.73. The first-order valence-electron chi connectivity index (χ1n) is 6.33. The number of nitrogens with one attached hydrogen (secondary N) is 1. The number of nitrogens with zero attached hydrogens (tertiary/aromatic N) is 2. The van der Waals surface area contributed by atoms with Crippen molar-refractivity contribution in [1.29, 1.82) is 0 Å². The van der Waals surface area contributed by atoms with E-state index in [2.05, 4.69) is 10.4 Å². The lowest BCUT2D eigenvalue weighted by molar-refractivity contribution is -0.140. The van der Waals surface area contributed by atoms with E-state index in [-0.39, 0.29) is 0 Å².